The Morgan fingerprint density at radius 3 is 1.95 bits per heavy atom. The summed E-state index contributed by atoms with van der Waals surface area (Å²) in [7, 11) is 0. The predicted molar refractivity (Wildman–Crippen MR) is 61.2 cm³/mol. The molecule has 0 aromatic carbocycles. The molecule has 0 spiro atoms. The summed E-state index contributed by atoms with van der Waals surface area (Å²) in [4.78, 5) is 4.75. The van der Waals surface area contributed by atoms with Gasteiger partial charge in [-0.05, 0) is 18.8 Å². The summed E-state index contributed by atoms with van der Waals surface area (Å²) >= 11 is 0. The van der Waals surface area contributed by atoms with Gasteiger partial charge in [0.25, 0.3) is 11.6 Å². The zero-order valence-corrected chi connectivity index (χ0v) is 11.4. The molecule has 0 aliphatic carbocycles. The maximum absolute atomic E-state index is 13.3. The van der Waals surface area contributed by atoms with Crippen molar-refractivity contribution in [1.29, 1.82) is 0 Å². The molecule has 0 N–H and O–H groups in total. The molecule has 0 saturated carbocycles. The zero-order valence-electron chi connectivity index (χ0n) is 11.4. The van der Waals surface area contributed by atoms with Crippen LogP contribution in [0.2, 0.25) is 0 Å². The third kappa shape index (κ3) is 3.58. The lowest BCUT2D eigenvalue weighted by molar-refractivity contribution is -0.932. The van der Waals surface area contributed by atoms with Crippen molar-refractivity contribution in [3.63, 3.8) is 0 Å². The predicted octanol–water partition coefficient (Wildman–Crippen LogP) is 3.31. The van der Waals surface area contributed by atoms with Crippen LogP contribution in [0, 0.1) is 35.3 Å². The molecule has 0 bridgehead atoms. The molecule has 1 aromatic heterocycles. The highest BCUT2D eigenvalue weighted by Gasteiger charge is 2.36. The maximum Gasteiger partial charge on any atom is 0.451 e. The van der Waals surface area contributed by atoms with Crippen molar-refractivity contribution in [3.8, 4) is 0 Å². The van der Waals surface area contributed by atoms with Gasteiger partial charge in [-0.15, -0.1) is 8.78 Å². The van der Waals surface area contributed by atoms with Crippen molar-refractivity contribution < 1.29 is 31.5 Å². The van der Waals surface area contributed by atoms with Crippen molar-refractivity contribution in [3.05, 3.63) is 29.3 Å². The number of hydrogen-bond donors (Lipinski definition) is 0. The van der Waals surface area contributed by atoms with Crippen LogP contribution in [-0.2, 0) is 0 Å². The minimum absolute atomic E-state index is 0.00238. The molecular formula is C13H17F5NO+. The third-order valence-electron chi connectivity index (χ3n) is 3.09. The Kier molecular flexibility index (Phi) is 6.16. The van der Waals surface area contributed by atoms with Crippen molar-refractivity contribution in [1.82, 2.24) is 0 Å². The minimum Gasteiger partial charge on any atom is -0.265 e. The highest BCUT2D eigenvalue weighted by atomic mass is 19.2. The zero-order chi connectivity index (χ0) is 15.3. The Labute approximate surface area is 114 Å². The lowest BCUT2D eigenvalue weighted by Gasteiger charge is -2.11. The van der Waals surface area contributed by atoms with Crippen LogP contribution in [0.4, 0.5) is 22.0 Å². The number of aromatic nitrogens is 1. The summed E-state index contributed by atoms with van der Waals surface area (Å²) in [6.07, 6.45) is 3.31. The topological polar surface area (TPSA) is 13.1 Å². The van der Waals surface area contributed by atoms with Crippen molar-refractivity contribution in [2.45, 2.75) is 39.5 Å². The van der Waals surface area contributed by atoms with E-state index in [1.807, 2.05) is 13.8 Å². The summed E-state index contributed by atoms with van der Waals surface area (Å²) in [6, 6.07) is 0. The molecule has 0 aliphatic heterocycles. The number of rotatable bonds is 7. The Morgan fingerprint density at radius 2 is 1.50 bits per heavy atom. The number of pyridine rings is 1. The highest BCUT2D eigenvalue weighted by molar-refractivity contribution is 4.99. The lowest BCUT2D eigenvalue weighted by atomic mass is 10.0. The van der Waals surface area contributed by atoms with E-state index in [0.717, 1.165) is 19.3 Å². The molecule has 1 unspecified atom stereocenters. The normalized spacial score (nSPS) is 12.6. The first-order chi connectivity index (χ1) is 9.43. The van der Waals surface area contributed by atoms with E-state index in [4.69, 9.17) is 4.84 Å². The van der Waals surface area contributed by atoms with E-state index in [2.05, 4.69) is 0 Å². The van der Waals surface area contributed by atoms with Gasteiger partial charge < -0.3 is 0 Å². The molecule has 0 radical (unpaired) electrons. The van der Waals surface area contributed by atoms with Gasteiger partial charge in [-0.1, -0.05) is 26.7 Å². The van der Waals surface area contributed by atoms with Crippen LogP contribution in [0.25, 0.3) is 0 Å². The smallest absolute Gasteiger partial charge is 0.265 e. The van der Waals surface area contributed by atoms with E-state index in [1.165, 1.54) is 0 Å². The largest absolute Gasteiger partial charge is 0.451 e. The molecular weight excluding hydrogens is 281 g/mol. The summed E-state index contributed by atoms with van der Waals surface area (Å²) in [5.74, 6) is -10.3. The lowest BCUT2D eigenvalue weighted by Crippen LogP contribution is -2.53. The molecule has 1 heterocycles. The molecule has 0 amide bonds. The molecule has 7 heteroatoms. The molecule has 0 aliphatic rings. The minimum atomic E-state index is -2.20. The standard InChI is InChI=1S/C13H17F5NO/c1-3-5-6-8(4-2)7-20-19-12(17)10(15)9(14)11(16)13(19)18/h8H,3-7H2,1-2H3/q+1. The van der Waals surface area contributed by atoms with Gasteiger partial charge in [0, 0.05) is 0 Å². The van der Waals surface area contributed by atoms with Crippen molar-refractivity contribution >= 4 is 0 Å². The second kappa shape index (κ2) is 7.40. The van der Waals surface area contributed by atoms with Crippen LogP contribution >= 0.6 is 0 Å². The molecule has 1 aromatic rings. The molecule has 20 heavy (non-hydrogen) atoms. The first-order valence-corrected chi connectivity index (χ1v) is 6.50. The van der Waals surface area contributed by atoms with E-state index >= 15 is 0 Å². The number of halogens is 5. The Bertz CT molecular complexity index is 438. The third-order valence-corrected chi connectivity index (χ3v) is 3.09. The summed E-state index contributed by atoms with van der Waals surface area (Å²) < 4.78 is 65.1. The first-order valence-electron chi connectivity index (χ1n) is 6.50. The van der Waals surface area contributed by atoms with E-state index in [9.17, 15) is 22.0 Å². The fourth-order valence-corrected chi connectivity index (χ4v) is 1.73. The number of hydrogen-bond acceptors (Lipinski definition) is 1. The molecule has 2 nitrogen and oxygen atoms in total. The van der Waals surface area contributed by atoms with Gasteiger partial charge in [-0.3, -0.25) is 4.84 Å². The average Bonchev–Trinajstić information content (AvgIpc) is 2.46. The number of nitrogens with zero attached hydrogens (tertiary/aromatic N) is 1. The van der Waals surface area contributed by atoms with Gasteiger partial charge in [-0.2, -0.15) is 13.2 Å². The fourth-order valence-electron chi connectivity index (χ4n) is 1.73. The Balaban J connectivity index is 2.87. The van der Waals surface area contributed by atoms with Crippen molar-refractivity contribution in [2.75, 3.05) is 6.61 Å². The van der Waals surface area contributed by atoms with E-state index < -0.39 is 29.3 Å². The average molecular weight is 298 g/mol. The molecule has 0 saturated heterocycles. The van der Waals surface area contributed by atoms with Crippen LogP contribution < -0.4 is 9.57 Å². The van der Waals surface area contributed by atoms with Crippen LogP contribution in [0.1, 0.15) is 39.5 Å². The maximum atomic E-state index is 13.3. The van der Waals surface area contributed by atoms with Gasteiger partial charge in [0.1, 0.15) is 0 Å². The SMILES string of the molecule is CCCCC(CC)CO[n+]1c(F)c(F)c(F)c(F)c1F. The molecule has 1 atom stereocenters. The summed E-state index contributed by atoms with van der Waals surface area (Å²) in [5, 5.41) is 0. The molecule has 1 rings (SSSR count). The van der Waals surface area contributed by atoms with Crippen LogP contribution in [0.3, 0.4) is 0 Å². The van der Waals surface area contributed by atoms with Crippen molar-refractivity contribution in [2.24, 2.45) is 5.92 Å². The summed E-state index contributed by atoms with van der Waals surface area (Å²) in [5.41, 5.74) is 0. The first kappa shape index (κ1) is 16.7. The Hall–Kier alpha value is -1.40. The highest BCUT2D eigenvalue weighted by Crippen LogP contribution is 2.14. The van der Waals surface area contributed by atoms with Gasteiger partial charge in [-0.25, -0.2) is 0 Å². The second-order valence-electron chi connectivity index (χ2n) is 4.53. The molecule has 0 fully saturated rings. The van der Waals surface area contributed by atoms with Gasteiger partial charge in [0.05, 0.1) is 4.73 Å². The molecule has 114 valence electrons. The quantitative estimate of drug-likeness (QED) is 0.427. The van der Waals surface area contributed by atoms with E-state index in [-0.39, 0.29) is 17.3 Å². The monoisotopic (exact) mass is 298 g/mol. The fraction of sp³-hybridized carbons (Fsp3) is 0.615. The number of unbranched alkanes of at least 4 members (excludes halogenated alkanes) is 1. The van der Waals surface area contributed by atoms with Crippen LogP contribution in [0.5, 0.6) is 0 Å². The van der Waals surface area contributed by atoms with Crippen LogP contribution in [-0.4, -0.2) is 6.61 Å². The summed E-state index contributed by atoms with van der Waals surface area (Å²) in [6.45, 7) is 3.75. The van der Waals surface area contributed by atoms with Crippen LogP contribution in [0.15, 0.2) is 0 Å². The van der Waals surface area contributed by atoms with Gasteiger partial charge in [0.2, 0.25) is 5.82 Å². The Morgan fingerprint density at radius 1 is 0.950 bits per heavy atom. The van der Waals surface area contributed by atoms with Gasteiger partial charge in [0.15, 0.2) is 6.61 Å². The second-order valence-corrected chi connectivity index (χ2v) is 4.53. The van der Waals surface area contributed by atoms with E-state index in [1.54, 1.807) is 0 Å². The van der Waals surface area contributed by atoms with E-state index in [0.29, 0.717) is 6.42 Å². The van der Waals surface area contributed by atoms with Gasteiger partial charge >= 0.3 is 11.9 Å².